The van der Waals surface area contributed by atoms with Gasteiger partial charge in [0.05, 0.1) is 5.84 Å². The van der Waals surface area contributed by atoms with E-state index in [0.717, 1.165) is 19.5 Å². The lowest BCUT2D eigenvalue weighted by atomic mass is 10.1. The predicted molar refractivity (Wildman–Crippen MR) is 71.3 cm³/mol. The van der Waals surface area contributed by atoms with Crippen molar-refractivity contribution >= 4 is 17.4 Å². The summed E-state index contributed by atoms with van der Waals surface area (Å²) < 4.78 is 13.0. The number of alkyl halides is 2. The minimum Gasteiger partial charge on any atom is -0.387 e. The van der Waals surface area contributed by atoms with Gasteiger partial charge in [-0.3, -0.25) is 4.90 Å². The van der Waals surface area contributed by atoms with Crippen LogP contribution in [0.25, 0.3) is 0 Å². The van der Waals surface area contributed by atoms with Gasteiger partial charge in [0.25, 0.3) is 0 Å². The molecule has 0 amide bonds. The van der Waals surface area contributed by atoms with Crippen molar-refractivity contribution in [3.63, 3.8) is 0 Å². The average Bonchev–Trinajstić information content (AvgIpc) is 2.35. The fourth-order valence-electron chi connectivity index (χ4n) is 1.80. The number of rotatable bonds is 5. The molecular weight excluding hydrogens is 241 g/mol. The fraction of sp³-hybridized carbons (Fsp3) is 0.750. The normalized spacial score (nSPS) is 22.2. The Morgan fingerprint density at radius 1 is 1.59 bits per heavy atom. The van der Waals surface area contributed by atoms with Crippen LogP contribution in [0.1, 0.15) is 26.2 Å². The van der Waals surface area contributed by atoms with Gasteiger partial charge in [0, 0.05) is 37.6 Å². The zero-order valence-electron chi connectivity index (χ0n) is 10.3. The summed E-state index contributed by atoms with van der Waals surface area (Å²) in [4.78, 5) is 6.29. The molecule has 0 aromatic carbocycles. The van der Waals surface area contributed by atoms with Crippen LogP contribution >= 0.6 is 11.6 Å². The number of nitrogens with zero attached hydrogens (tertiary/aromatic N) is 2. The molecule has 0 aromatic heterocycles. The number of piperidine rings is 1. The van der Waals surface area contributed by atoms with E-state index in [1.165, 1.54) is 0 Å². The number of aliphatic imine (C=N–C) groups is 1. The lowest BCUT2D eigenvalue weighted by Gasteiger charge is -2.32. The molecule has 0 bridgehead atoms. The molecule has 0 saturated carbocycles. The van der Waals surface area contributed by atoms with Crippen molar-refractivity contribution in [1.82, 2.24) is 4.90 Å². The van der Waals surface area contributed by atoms with Crippen LogP contribution in [0.15, 0.2) is 17.3 Å². The molecule has 1 heterocycles. The maximum Gasteiger partial charge on any atom is 0.103 e. The Morgan fingerprint density at radius 2 is 2.24 bits per heavy atom. The van der Waals surface area contributed by atoms with E-state index in [-0.39, 0.29) is 6.04 Å². The molecule has 0 aliphatic carbocycles. The van der Waals surface area contributed by atoms with Gasteiger partial charge in [-0.05, 0) is 18.9 Å². The number of likely N-dealkylation sites (tertiary alicyclic amines) is 1. The predicted octanol–water partition coefficient (Wildman–Crippen LogP) is 2.31. The summed E-state index contributed by atoms with van der Waals surface area (Å²) in [6, 6.07) is 0.123. The minimum absolute atomic E-state index is 0.123. The first-order valence-electron chi connectivity index (χ1n) is 6.10. The summed E-state index contributed by atoms with van der Waals surface area (Å²) >= 11 is 5.92. The van der Waals surface area contributed by atoms with Crippen LogP contribution in [0, 0.1) is 0 Å². The Kier molecular flexibility index (Phi) is 6.52. The molecule has 0 aromatic rings. The van der Waals surface area contributed by atoms with E-state index in [4.69, 9.17) is 17.3 Å². The number of hydrogen-bond donors (Lipinski definition) is 1. The molecule has 0 spiro atoms. The summed E-state index contributed by atoms with van der Waals surface area (Å²) in [7, 11) is 0. The van der Waals surface area contributed by atoms with E-state index < -0.39 is 6.17 Å². The average molecular weight is 262 g/mol. The Hall–Kier alpha value is -0.610. The fourth-order valence-corrected chi connectivity index (χ4v) is 2.10. The molecular formula is C12H21ClFN3. The third-order valence-electron chi connectivity index (χ3n) is 3.00. The van der Waals surface area contributed by atoms with Crippen LogP contribution < -0.4 is 5.73 Å². The summed E-state index contributed by atoms with van der Waals surface area (Å²) in [5.74, 6) is 1.10. The zero-order valence-corrected chi connectivity index (χ0v) is 11.0. The molecule has 1 atom stereocenters. The van der Waals surface area contributed by atoms with Gasteiger partial charge in [-0.25, -0.2) is 9.38 Å². The monoisotopic (exact) mass is 261 g/mol. The standard InChI is InChI=1S/C12H21ClFN3/c1-2-12(15)16-6-3-11(9-13)17-7-4-10(14)5-8-17/h3,6,10-11H,2,4-5,7-9H2,1H3,(H2,15,16)/b6-3-. The largest absolute Gasteiger partial charge is 0.387 e. The second kappa shape index (κ2) is 7.67. The highest BCUT2D eigenvalue weighted by molar-refractivity contribution is 6.18. The lowest BCUT2D eigenvalue weighted by molar-refractivity contribution is 0.135. The molecule has 17 heavy (non-hydrogen) atoms. The highest BCUT2D eigenvalue weighted by Crippen LogP contribution is 2.17. The minimum atomic E-state index is -0.653. The van der Waals surface area contributed by atoms with Crippen LogP contribution in [0.3, 0.4) is 0 Å². The first-order chi connectivity index (χ1) is 8.17. The van der Waals surface area contributed by atoms with Gasteiger partial charge >= 0.3 is 0 Å². The van der Waals surface area contributed by atoms with Crippen molar-refractivity contribution in [2.75, 3.05) is 19.0 Å². The summed E-state index contributed by atoms with van der Waals surface area (Å²) in [5.41, 5.74) is 5.60. The summed E-state index contributed by atoms with van der Waals surface area (Å²) in [6.07, 6.45) is 4.92. The van der Waals surface area contributed by atoms with Crippen LogP contribution in [0.4, 0.5) is 4.39 Å². The molecule has 1 aliphatic heterocycles. The molecule has 1 aliphatic rings. The van der Waals surface area contributed by atoms with Crippen molar-refractivity contribution in [3.8, 4) is 0 Å². The van der Waals surface area contributed by atoms with Gasteiger partial charge in [0.2, 0.25) is 0 Å². The Labute approximate surface area is 108 Å². The number of halogens is 2. The Morgan fingerprint density at radius 3 is 2.76 bits per heavy atom. The number of hydrogen-bond acceptors (Lipinski definition) is 2. The maximum atomic E-state index is 13.0. The number of nitrogens with two attached hydrogens (primary N) is 1. The van der Waals surface area contributed by atoms with E-state index in [2.05, 4.69) is 9.89 Å². The van der Waals surface area contributed by atoms with Crippen molar-refractivity contribution < 1.29 is 4.39 Å². The molecule has 1 unspecified atom stereocenters. The van der Waals surface area contributed by atoms with E-state index in [0.29, 0.717) is 24.6 Å². The first kappa shape index (κ1) is 14.5. The first-order valence-corrected chi connectivity index (χ1v) is 6.63. The maximum absolute atomic E-state index is 13.0. The third-order valence-corrected chi connectivity index (χ3v) is 3.31. The van der Waals surface area contributed by atoms with Crippen LogP contribution in [0.5, 0.6) is 0 Å². The molecule has 98 valence electrons. The molecule has 5 heteroatoms. The SMILES string of the molecule is CC/C(N)=N\C=C/C(CCl)N1CCC(F)CC1. The van der Waals surface area contributed by atoms with Gasteiger partial charge in [0.1, 0.15) is 6.17 Å². The van der Waals surface area contributed by atoms with Gasteiger partial charge in [-0.15, -0.1) is 11.6 Å². The van der Waals surface area contributed by atoms with E-state index >= 15 is 0 Å². The van der Waals surface area contributed by atoms with E-state index in [1.54, 1.807) is 6.20 Å². The summed E-state index contributed by atoms with van der Waals surface area (Å²) in [5, 5.41) is 0. The topological polar surface area (TPSA) is 41.6 Å². The van der Waals surface area contributed by atoms with E-state index in [1.807, 2.05) is 13.0 Å². The van der Waals surface area contributed by atoms with E-state index in [9.17, 15) is 4.39 Å². The van der Waals surface area contributed by atoms with Crippen LogP contribution in [0.2, 0.25) is 0 Å². The van der Waals surface area contributed by atoms with Gasteiger partial charge in [-0.1, -0.05) is 6.92 Å². The van der Waals surface area contributed by atoms with Gasteiger partial charge in [-0.2, -0.15) is 0 Å². The number of amidine groups is 1. The Bertz CT molecular complexity index is 273. The van der Waals surface area contributed by atoms with Crippen molar-refractivity contribution in [1.29, 1.82) is 0 Å². The highest BCUT2D eigenvalue weighted by Gasteiger charge is 2.22. The molecule has 0 radical (unpaired) electrons. The van der Waals surface area contributed by atoms with Crippen molar-refractivity contribution in [3.05, 3.63) is 12.3 Å². The Balaban J connectivity index is 2.48. The second-order valence-corrected chi connectivity index (χ2v) is 4.56. The van der Waals surface area contributed by atoms with Crippen LogP contribution in [-0.2, 0) is 0 Å². The molecule has 3 nitrogen and oxygen atoms in total. The van der Waals surface area contributed by atoms with Crippen molar-refractivity contribution in [2.45, 2.75) is 38.4 Å². The van der Waals surface area contributed by atoms with Crippen molar-refractivity contribution in [2.24, 2.45) is 10.7 Å². The lowest BCUT2D eigenvalue weighted by Crippen LogP contribution is -2.41. The van der Waals surface area contributed by atoms with Gasteiger partial charge < -0.3 is 5.73 Å². The highest BCUT2D eigenvalue weighted by atomic mass is 35.5. The third kappa shape index (κ3) is 5.04. The molecule has 1 rings (SSSR count). The smallest absolute Gasteiger partial charge is 0.103 e. The van der Waals surface area contributed by atoms with Crippen LogP contribution in [-0.4, -0.2) is 41.9 Å². The zero-order chi connectivity index (χ0) is 12.7. The summed E-state index contributed by atoms with van der Waals surface area (Å²) in [6.45, 7) is 3.48. The molecule has 2 N–H and O–H groups in total. The molecule has 1 saturated heterocycles. The molecule has 1 fully saturated rings. The van der Waals surface area contributed by atoms with Gasteiger partial charge in [0.15, 0.2) is 0 Å². The second-order valence-electron chi connectivity index (χ2n) is 4.25. The quantitative estimate of drug-likeness (QED) is 0.469.